The molecule has 0 aliphatic carbocycles. The molecule has 116 valence electrons. The van der Waals surface area contributed by atoms with Crippen molar-refractivity contribution in [3.05, 3.63) is 28.5 Å². The maximum atomic E-state index is 12.9. The first kappa shape index (κ1) is 18.2. The van der Waals surface area contributed by atoms with E-state index in [-0.39, 0.29) is 31.6 Å². The van der Waals surface area contributed by atoms with Gasteiger partial charge >= 0.3 is 11.9 Å². The lowest BCUT2D eigenvalue weighted by atomic mass is 10.2. The molecule has 0 unspecified atom stereocenters. The van der Waals surface area contributed by atoms with E-state index in [0.29, 0.717) is 4.47 Å². The van der Waals surface area contributed by atoms with Gasteiger partial charge in [-0.3, -0.25) is 9.59 Å². The van der Waals surface area contributed by atoms with Crippen LogP contribution >= 0.6 is 39.1 Å². The Morgan fingerprint density at radius 1 is 1.24 bits per heavy atom. The van der Waals surface area contributed by atoms with Crippen LogP contribution in [0.5, 0.6) is 5.75 Å². The first-order valence-corrected chi connectivity index (χ1v) is 7.64. The van der Waals surface area contributed by atoms with Crippen molar-refractivity contribution in [3.63, 3.8) is 0 Å². The molecule has 0 radical (unpaired) electrons. The standard InChI is InChI=1S/C13H12BrCl2FO4/c14-9-6-8(17)4-5-10(9)21-13(19)3-1-2-12(18)20-7-11(15)16/h4-6,11H,1-3,7H2. The van der Waals surface area contributed by atoms with Crippen LogP contribution in [-0.4, -0.2) is 23.4 Å². The van der Waals surface area contributed by atoms with Crippen LogP contribution in [-0.2, 0) is 14.3 Å². The third-order valence-corrected chi connectivity index (χ3v) is 3.12. The number of alkyl halides is 2. The summed E-state index contributed by atoms with van der Waals surface area (Å²) in [5.74, 6) is -1.24. The Morgan fingerprint density at radius 2 is 1.90 bits per heavy atom. The lowest BCUT2D eigenvalue weighted by Crippen LogP contribution is -2.12. The SMILES string of the molecule is O=C(CCCC(=O)Oc1ccc(F)cc1Br)OCC(Cl)Cl. The van der Waals surface area contributed by atoms with Crippen molar-refractivity contribution >= 4 is 51.1 Å². The minimum absolute atomic E-state index is 0.0318. The summed E-state index contributed by atoms with van der Waals surface area (Å²) in [6.07, 6.45) is 0.357. The normalized spacial score (nSPS) is 10.5. The van der Waals surface area contributed by atoms with Gasteiger partial charge in [-0.15, -0.1) is 23.2 Å². The largest absolute Gasteiger partial charge is 0.463 e. The lowest BCUT2D eigenvalue weighted by molar-refractivity contribution is -0.143. The van der Waals surface area contributed by atoms with Crippen molar-refractivity contribution in [2.24, 2.45) is 0 Å². The summed E-state index contributed by atoms with van der Waals surface area (Å²) in [5.41, 5.74) is 0. The van der Waals surface area contributed by atoms with Crippen molar-refractivity contribution in [1.82, 2.24) is 0 Å². The predicted octanol–water partition coefficient (Wildman–Crippen LogP) is 4.01. The molecular formula is C13H12BrCl2FO4. The van der Waals surface area contributed by atoms with Crippen LogP contribution in [0.3, 0.4) is 0 Å². The highest BCUT2D eigenvalue weighted by molar-refractivity contribution is 9.10. The predicted molar refractivity (Wildman–Crippen MR) is 80.0 cm³/mol. The number of ether oxygens (including phenoxy) is 2. The molecule has 0 aromatic heterocycles. The van der Waals surface area contributed by atoms with Crippen molar-refractivity contribution in [1.29, 1.82) is 0 Å². The molecule has 0 saturated heterocycles. The average Bonchev–Trinajstić information content (AvgIpc) is 2.39. The van der Waals surface area contributed by atoms with Gasteiger partial charge in [-0.25, -0.2) is 4.39 Å². The molecule has 0 aliphatic heterocycles. The van der Waals surface area contributed by atoms with Gasteiger partial charge in [0.05, 0.1) is 4.47 Å². The molecular weight excluding hydrogens is 390 g/mol. The Labute approximate surface area is 139 Å². The summed E-state index contributed by atoms with van der Waals surface area (Å²) in [7, 11) is 0. The van der Waals surface area contributed by atoms with E-state index < -0.39 is 22.6 Å². The molecule has 0 aliphatic rings. The maximum Gasteiger partial charge on any atom is 0.311 e. The van der Waals surface area contributed by atoms with Crippen molar-refractivity contribution < 1.29 is 23.5 Å². The third kappa shape index (κ3) is 7.64. The molecule has 8 heteroatoms. The van der Waals surface area contributed by atoms with Crippen LogP contribution < -0.4 is 4.74 Å². The van der Waals surface area contributed by atoms with Crippen LogP contribution in [0.25, 0.3) is 0 Å². The Morgan fingerprint density at radius 3 is 2.52 bits per heavy atom. The number of carbonyl (C=O) groups is 2. The quantitative estimate of drug-likeness (QED) is 0.393. The summed E-state index contributed by atoms with van der Waals surface area (Å²) < 4.78 is 23.0. The van der Waals surface area contributed by atoms with Gasteiger partial charge in [0, 0.05) is 12.8 Å². The summed E-state index contributed by atoms with van der Waals surface area (Å²) in [4.78, 5) is 22.0. The van der Waals surface area contributed by atoms with Crippen LogP contribution in [0.2, 0.25) is 0 Å². The Balaban J connectivity index is 2.29. The zero-order chi connectivity index (χ0) is 15.8. The van der Waals surface area contributed by atoms with Gasteiger partial charge < -0.3 is 9.47 Å². The molecule has 0 fully saturated rings. The Bertz CT molecular complexity index is 511. The topological polar surface area (TPSA) is 52.6 Å². The lowest BCUT2D eigenvalue weighted by Gasteiger charge is -2.07. The molecule has 1 aromatic rings. The fourth-order valence-corrected chi connectivity index (χ4v) is 1.89. The number of carbonyl (C=O) groups excluding carboxylic acids is 2. The molecule has 0 atom stereocenters. The second-order valence-corrected chi connectivity index (χ2v) is 6.11. The van der Waals surface area contributed by atoms with Crippen LogP contribution in [0.1, 0.15) is 19.3 Å². The molecule has 0 spiro atoms. The minimum Gasteiger partial charge on any atom is -0.463 e. The summed E-state index contributed by atoms with van der Waals surface area (Å²) in [6, 6.07) is 3.71. The molecule has 1 aromatic carbocycles. The van der Waals surface area contributed by atoms with E-state index in [9.17, 15) is 14.0 Å². The highest BCUT2D eigenvalue weighted by Gasteiger charge is 2.11. The number of hydrogen-bond donors (Lipinski definition) is 0. The van der Waals surface area contributed by atoms with E-state index in [0.717, 1.165) is 0 Å². The van der Waals surface area contributed by atoms with Gasteiger partial charge in [-0.05, 0) is 40.5 Å². The maximum absolute atomic E-state index is 12.9. The first-order chi connectivity index (χ1) is 9.88. The van der Waals surface area contributed by atoms with E-state index in [1.165, 1.54) is 18.2 Å². The summed E-state index contributed by atoms with van der Waals surface area (Å²) >= 11 is 13.9. The zero-order valence-corrected chi connectivity index (χ0v) is 13.9. The van der Waals surface area contributed by atoms with Crippen molar-refractivity contribution in [2.45, 2.75) is 24.1 Å². The average molecular weight is 402 g/mol. The number of hydrogen-bond acceptors (Lipinski definition) is 4. The number of esters is 2. The number of rotatable bonds is 7. The molecule has 0 saturated carbocycles. The van der Waals surface area contributed by atoms with Crippen molar-refractivity contribution in [2.75, 3.05) is 6.61 Å². The van der Waals surface area contributed by atoms with Crippen LogP contribution in [0.4, 0.5) is 4.39 Å². The van der Waals surface area contributed by atoms with E-state index in [1.54, 1.807) is 0 Å². The van der Waals surface area contributed by atoms with E-state index in [1.807, 2.05) is 0 Å². The van der Waals surface area contributed by atoms with Gasteiger partial charge in [0.15, 0.2) is 0 Å². The number of halogens is 4. The molecule has 0 heterocycles. The van der Waals surface area contributed by atoms with E-state index in [2.05, 4.69) is 15.9 Å². The van der Waals surface area contributed by atoms with Gasteiger partial charge in [0.2, 0.25) is 0 Å². The Kier molecular flexibility index (Phi) is 8.00. The monoisotopic (exact) mass is 400 g/mol. The fraction of sp³-hybridized carbons (Fsp3) is 0.385. The van der Waals surface area contributed by atoms with Gasteiger partial charge in [-0.1, -0.05) is 0 Å². The summed E-state index contributed by atoms with van der Waals surface area (Å²) in [5, 5.41) is 0. The minimum atomic E-state index is -0.769. The first-order valence-electron chi connectivity index (χ1n) is 5.98. The van der Waals surface area contributed by atoms with Crippen molar-refractivity contribution in [3.8, 4) is 5.75 Å². The van der Waals surface area contributed by atoms with Crippen LogP contribution in [0.15, 0.2) is 22.7 Å². The molecule has 21 heavy (non-hydrogen) atoms. The van der Waals surface area contributed by atoms with Crippen LogP contribution in [0, 0.1) is 5.82 Å². The van der Waals surface area contributed by atoms with Gasteiger partial charge in [0.25, 0.3) is 0 Å². The zero-order valence-electron chi connectivity index (χ0n) is 10.8. The number of benzene rings is 1. The third-order valence-electron chi connectivity index (χ3n) is 2.25. The highest BCUT2D eigenvalue weighted by atomic mass is 79.9. The molecule has 1 rings (SSSR count). The van der Waals surface area contributed by atoms with E-state index in [4.69, 9.17) is 32.7 Å². The second-order valence-electron chi connectivity index (χ2n) is 3.98. The Hall–Kier alpha value is -0.850. The summed E-state index contributed by atoms with van der Waals surface area (Å²) in [6.45, 7) is -0.0884. The smallest absolute Gasteiger partial charge is 0.311 e. The molecule has 0 N–H and O–H groups in total. The fourth-order valence-electron chi connectivity index (χ4n) is 1.34. The molecule has 0 amide bonds. The van der Waals surface area contributed by atoms with E-state index >= 15 is 0 Å². The molecule has 4 nitrogen and oxygen atoms in total. The van der Waals surface area contributed by atoms with Gasteiger partial charge in [-0.2, -0.15) is 0 Å². The molecule has 0 bridgehead atoms. The highest BCUT2D eigenvalue weighted by Crippen LogP contribution is 2.25. The van der Waals surface area contributed by atoms with Gasteiger partial charge in [0.1, 0.15) is 23.0 Å². The second kappa shape index (κ2) is 9.23.